The third-order valence-corrected chi connectivity index (χ3v) is 5.45. The lowest BCUT2D eigenvalue weighted by Gasteiger charge is -2.08. The number of pyridine rings is 1. The van der Waals surface area contributed by atoms with E-state index in [2.05, 4.69) is 4.98 Å². The molecule has 2 heterocycles. The topological polar surface area (TPSA) is 69.1 Å². The third-order valence-electron chi connectivity index (χ3n) is 5.45. The Kier molecular flexibility index (Phi) is 5.28. The fourth-order valence-corrected chi connectivity index (χ4v) is 3.77. The van der Waals surface area contributed by atoms with Crippen LogP contribution >= 0.6 is 0 Å². The summed E-state index contributed by atoms with van der Waals surface area (Å²) in [4.78, 5) is 17.2. The molecule has 6 heteroatoms. The number of nitrogens with two attached hydrogens (primary N) is 1. The zero-order valence-electron chi connectivity index (χ0n) is 17.4. The highest BCUT2D eigenvalue weighted by Gasteiger charge is 2.15. The number of hydrogen-bond acceptors (Lipinski definition) is 4. The average molecular weight is 440 g/mol. The van der Waals surface area contributed by atoms with Gasteiger partial charge in [0.05, 0.1) is 12.2 Å². The number of carbonyl (C=O) groups is 1. The van der Waals surface area contributed by atoms with Crippen molar-refractivity contribution in [1.82, 2.24) is 4.98 Å². The molecule has 5 rings (SSSR count). The summed E-state index contributed by atoms with van der Waals surface area (Å²) in [6.45, 7) is 0.255. The minimum Gasteiger partial charge on any atom is -0.459 e. The van der Waals surface area contributed by atoms with E-state index in [9.17, 15) is 13.6 Å². The SMILES string of the molecule is NCc1cc2cc(-c3ccc(C(=O)c4ccc(F)cc4)cn3)cc(-c3ccc(F)cc3)c2o1. The van der Waals surface area contributed by atoms with E-state index in [0.717, 1.165) is 22.1 Å². The first-order chi connectivity index (χ1) is 16.0. The monoisotopic (exact) mass is 440 g/mol. The van der Waals surface area contributed by atoms with Gasteiger partial charge in [0.2, 0.25) is 0 Å². The Labute approximate surface area is 188 Å². The summed E-state index contributed by atoms with van der Waals surface area (Å²) in [5.41, 5.74) is 10.3. The highest BCUT2D eigenvalue weighted by atomic mass is 19.1. The largest absolute Gasteiger partial charge is 0.459 e. The fraction of sp³-hybridized carbons (Fsp3) is 0.0370. The van der Waals surface area contributed by atoms with E-state index in [1.807, 2.05) is 18.2 Å². The van der Waals surface area contributed by atoms with Crippen LogP contribution in [0, 0.1) is 11.6 Å². The van der Waals surface area contributed by atoms with Gasteiger partial charge in [-0.2, -0.15) is 0 Å². The molecule has 4 nitrogen and oxygen atoms in total. The molecular weight excluding hydrogens is 422 g/mol. The van der Waals surface area contributed by atoms with Gasteiger partial charge in [0, 0.05) is 33.8 Å². The number of halogens is 2. The molecule has 0 aliphatic heterocycles. The van der Waals surface area contributed by atoms with Gasteiger partial charge in [-0.1, -0.05) is 12.1 Å². The van der Waals surface area contributed by atoms with Crippen LogP contribution in [-0.2, 0) is 6.54 Å². The minimum atomic E-state index is -0.399. The number of nitrogens with zero attached hydrogens (tertiary/aromatic N) is 1. The smallest absolute Gasteiger partial charge is 0.194 e. The molecule has 0 unspecified atom stereocenters. The molecule has 3 aromatic carbocycles. The predicted octanol–water partition coefficient (Wildman–Crippen LogP) is 6.13. The first-order valence-corrected chi connectivity index (χ1v) is 10.3. The van der Waals surface area contributed by atoms with E-state index in [1.54, 1.807) is 24.3 Å². The van der Waals surface area contributed by atoms with Gasteiger partial charge >= 0.3 is 0 Å². The van der Waals surface area contributed by atoms with Gasteiger partial charge in [0.15, 0.2) is 5.78 Å². The van der Waals surface area contributed by atoms with Crippen LogP contribution in [0.1, 0.15) is 21.7 Å². The van der Waals surface area contributed by atoms with Gasteiger partial charge in [-0.05, 0) is 72.3 Å². The number of ketones is 1. The molecule has 0 saturated carbocycles. The van der Waals surface area contributed by atoms with Crippen LogP contribution in [0.5, 0.6) is 0 Å². The van der Waals surface area contributed by atoms with Crippen molar-refractivity contribution in [3.8, 4) is 22.4 Å². The highest BCUT2D eigenvalue weighted by molar-refractivity contribution is 6.09. The standard InChI is InChI=1S/C27H18F2N2O2/c28-21-6-1-16(2-7-21)24-13-19(11-20-12-23(14-30)33-27(20)24)25-10-5-18(15-31-25)26(32)17-3-8-22(29)9-4-17/h1-13,15H,14,30H2. The first-order valence-electron chi connectivity index (χ1n) is 10.3. The van der Waals surface area contributed by atoms with Gasteiger partial charge in [-0.25, -0.2) is 8.78 Å². The van der Waals surface area contributed by atoms with Crippen molar-refractivity contribution in [2.24, 2.45) is 5.73 Å². The zero-order chi connectivity index (χ0) is 22.9. The lowest BCUT2D eigenvalue weighted by atomic mass is 9.98. The summed E-state index contributed by atoms with van der Waals surface area (Å²) < 4.78 is 32.5. The molecule has 0 radical (unpaired) electrons. The highest BCUT2D eigenvalue weighted by Crippen LogP contribution is 2.35. The molecule has 5 aromatic rings. The molecule has 2 aromatic heterocycles. The van der Waals surface area contributed by atoms with Crippen LogP contribution in [0.2, 0.25) is 0 Å². The second kappa shape index (κ2) is 8.41. The second-order valence-electron chi connectivity index (χ2n) is 7.63. The van der Waals surface area contributed by atoms with E-state index in [4.69, 9.17) is 10.2 Å². The maximum atomic E-state index is 13.5. The number of fused-ring (bicyclic) bond motifs is 1. The molecule has 0 atom stereocenters. The van der Waals surface area contributed by atoms with Crippen molar-refractivity contribution < 1.29 is 18.0 Å². The van der Waals surface area contributed by atoms with Crippen molar-refractivity contribution in [1.29, 1.82) is 0 Å². The molecule has 0 aliphatic carbocycles. The van der Waals surface area contributed by atoms with Crippen molar-refractivity contribution in [2.75, 3.05) is 0 Å². The summed E-state index contributed by atoms with van der Waals surface area (Å²) in [7, 11) is 0. The van der Waals surface area contributed by atoms with Crippen LogP contribution in [0.4, 0.5) is 8.78 Å². The van der Waals surface area contributed by atoms with Gasteiger partial charge in [-0.15, -0.1) is 0 Å². The molecular formula is C27H18F2N2O2. The quantitative estimate of drug-likeness (QED) is 0.334. The Morgan fingerprint density at radius 1 is 0.818 bits per heavy atom. The van der Waals surface area contributed by atoms with Gasteiger partial charge < -0.3 is 10.2 Å². The second-order valence-corrected chi connectivity index (χ2v) is 7.63. The summed E-state index contributed by atoms with van der Waals surface area (Å²) >= 11 is 0. The van der Waals surface area contributed by atoms with E-state index in [0.29, 0.717) is 28.2 Å². The van der Waals surface area contributed by atoms with E-state index < -0.39 is 5.82 Å². The Morgan fingerprint density at radius 2 is 1.48 bits per heavy atom. The fourth-order valence-electron chi connectivity index (χ4n) is 3.77. The Morgan fingerprint density at radius 3 is 2.12 bits per heavy atom. The van der Waals surface area contributed by atoms with Gasteiger partial charge in [-0.3, -0.25) is 9.78 Å². The van der Waals surface area contributed by atoms with E-state index >= 15 is 0 Å². The third kappa shape index (κ3) is 4.04. The number of carbonyl (C=O) groups excluding carboxylic acids is 1. The maximum Gasteiger partial charge on any atom is 0.194 e. The van der Waals surface area contributed by atoms with E-state index in [-0.39, 0.29) is 18.1 Å². The number of benzene rings is 3. The summed E-state index contributed by atoms with van der Waals surface area (Å²) in [5, 5.41) is 0.848. The summed E-state index contributed by atoms with van der Waals surface area (Å²) in [6, 6.07) is 20.8. The van der Waals surface area contributed by atoms with Crippen molar-refractivity contribution in [3.05, 3.63) is 114 Å². The molecule has 0 bridgehead atoms. The van der Waals surface area contributed by atoms with Crippen LogP contribution in [0.25, 0.3) is 33.4 Å². The molecule has 33 heavy (non-hydrogen) atoms. The molecule has 0 fully saturated rings. The van der Waals surface area contributed by atoms with Crippen molar-refractivity contribution in [2.45, 2.75) is 6.54 Å². The number of hydrogen-bond donors (Lipinski definition) is 1. The molecule has 0 aliphatic rings. The van der Waals surface area contributed by atoms with Crippen LogP contribution in [0.3, 0.4) is 0 Å². The van der Waals surface area contributed by atoms with Crippen molar-refractivity contribution in [3.63, 3.8) is 0 Å². The first kappa shape index (κ1) is 20.7. The molecule has 2 N–H and O–H groups in total. The lowest BCUT2D eigenvalue weighted by molar-refractivity contribution is 0.103. The summed E-state index contributed by atoms with van der Waals surface area (Å²) in [6.07, 6.45) is 1.50. The molecule has 162 valence electrons. The average Bonchev–Trinajstić information content (AvgIpc) is 3.28. The number of furan rings is 1. The van der Waals surface area contributed by atoms with Crippen LogP contribution in [-0.4, -0.2) is 10.8 Å². The summed E-state index contributed by atoms with van der Waals surface area (Å²) in [5.74, 6) is -0.321. The van der Waals surface area contributed by atoms with Crippen LogP contribution in [0.15, 0.2) is 89.5 Å². The number of rotatable bonds is 5. The van der Waals surface area contributed by atoms with Gasteiger partial charge in [0.1, 0.15) is 23.0 Å². The Bertz CT molecular complexity index is 1460. The van der Waals surface area contributed by atoms with Crippen molar-refractivity contribution >= 4 is 16.8 Å². The molecule has 0 amide bonds. The molecule has 0 saturated heterocycles. The number of aromatic nitrogens is 1. The van der Waals surface area contributed by atoms with Crippen LogP contribution < -0.4 is 5.73 Å². The normalized spacial score (nSPS) is 11.1. The van der Waals surface area contributed by atoms with Gasteiger partial charge in [0.25, 0.3) is 0 Å². The zero-order valence-corrected chi connectivity index (χ0v) is 17.4. The lowest BCUT2D eigenvalue weighted by Crippen LogP contribution is -2.02. The Hall–Kier alpha value is -4.16. The minimum absolute atomic E-state index is 0.237. The predicted molar refractivity (Wildman–Crippen MR) is 123 cm³/mol. The maximum absolute atomic E-state index is 13.5. The van der Waals surface area contributed by atoms with E-state index in [1.165, 1.54) is 42.6 Å². The molecule has 0 spiro atoms. The Balaban J connectivity index is 1.56.